The minimum Gasteiger partial charge on any atom is -0.332 e. The smallest absolute Gasteiger partial charge is 0.156 e. The van der Waals surface area contributed by atoms with Crippen molar-refractivity contribution < 1.29 is 26.7 Å². The van der Waals surface area contributed by atoms with Gasteiger partial charge in [-0.05, 0) is 25.0 Å². The molecule has 0 saturated carbocycles. The molecule has 61 valence electrons. The van der Waals surface area contributed by atoms with Crippen LogP contribution in [-0.2, 0) is 26.7 Å². The maximum atomic E-state index is 10.9. The molecule has 1 radical (unpaired) electrons. The monoisotopic (exact) mass is 192 g/mol. The summed E-state index contributed by atoms with van der Waals surface area (Å²) in [5.74, 6) is -0.340. The third kappa shape index (κ3) is 2.28. The van der Waals surface area contributed by atoms with Gasteiger partial charge in [-0.25, -0.2) is 0 Å². The molecule has 0 amide bonds. The van der Waals surface area contributed by atoms with Crippen LogP contribution in [0.2, 0.25) is 0 Å². The van der Waals surface area contributed by atoms with Gasteiger partial charge >= 0.3 is 0 Å². The Bertz CT molecular complexity index is 218. The van der Waals surface area contributed by atoms with Crippen molar-refractivity contribution in [2.45, 2.75) is 13.3 Å². The predicted octanol–water partition coefficient (Wildman–Crippen LogP) is 0.922. The van der Waals surface area contributed by atoms with Crippen LogP contribution >= 0.6 is 0 Å². The molecule has 0 N–H and O–H groups in total. The quantitative estimate of drug-likeness (QED) is 0.422. The molecule has 0 aromatic heterocycles. The first-order chi connectivity index (χ1) is 4.61. The van der Waals surface area contributed by atoms with Crippen LogP contribution in [0.1, 0.15) is 13.3 Å². The van der Waals surface area contributed by atoms with Crippen LogP contribution in [0.4, 0.5) is 0 Å². The molecule has 0 aliphatic heterocycles. The van der Waals surface area contributed by atoms with Gasteiger partial charge < -0.3 is 6.92 Å². The molecule has 11 heavy (non-hydrogen) atoms. The zero-order valence-corrected chi connectivity index (χ0v) is 7.44. The fourth-order valence-electron chi connectivity index (χ4n) is 0.897. The third-order valence-electron chi connectivity index (χ3n) is 1.63. The first-order valence-electron chi connectivity index (χ1n) is 3.19. The van der Waals surface area contributed by atoms with Crippen LogP contribution in [0.15, 0.2) is 11.6 Å². The molecule has 0 aromatic carbocycles. The average Bonchev–Trinajstić information content (AvgIpc) is 1.84. The molecule has 1 aliphatic rings. The van der Waals surface area contributed by atoms with E-state index in [9.17, 15) is 9.59 Å². The summed E-state index contributed by atoms with van der Waals surface area (Å²) in [6, 6.07) is 0. The number of ketones is 2. The third-order valence-corrected chi connectivity index (χ3v) is 1.63. The van der Waals surface area contributed by atoms with Gasteiger partial charge in [-0.3, -0.25) is 9.59 Å². The summed E-state index contributed by atoms with van der Waals surface area (Å²) in [7, 11) is 0. The number of hydrogen-bond acceptors (Lipinski definition) is 2. The summed E-state index contributed by atoms with van der Waals surface area (Å²) in [4.78, 5) is 21.7. The number of hydrogen-bond donors (Lipinski definition) is 0. The van der Waals surface area contributed by atoms with Gasteiger partial charge in [0, 0.05) is 17.1 Å². The van der Waals surface area contributed by atoms with E-state index in [1.54, 1.807) is 6.92 Å². The maximum Gasteiger partial charge on any atom is 0.156 e. The first-order valence-corrected chi connectivity index (χ1v) is 3.19. The Morgan fingerprint density at radius 2 is 2.09 bits per heavy atom. The van der Waals surface area contributed by atoms with Crippen molar-refractivity contribution in [2.24, 2.45) is 5.92 Å². The summed E-state index contributed by atoms with van der Waals surface area (Å²) in [5.41, 5.74) is 0.560. The fourth-order valence-corrected chi connectivity index (χ4v) is 0.897. The summed E-state index contributed by atoms with van der Waals surface area (Å²) in [6.45, 7) is 5.21. The van der Waals surface area contributed by atoms with Crippen molar-refractivity contribution in [3.05, 3.63) is 18.6 Å². The molecule has 0 fully saturated rings. The number of Topliss-reactive ketones (excluding diaryl/α,β-unsaturated/α-hetero) is 1. The second-order valence-electron chi connectivity index (χ2n) is 2.55. The van der Waals surface area contributed by atoms with Crippen molar-refractivity contribution in [3.63, 3.8) is 0 Å². The predicted molar refractivity (Wildman–Crippen MR) is 37.2 cm³/mol. The molecule has 2 nitrogen and oxygen atoms in total. The van der Waals surface area contributed by atoms with E-state index in [1.807, 2.05) is 0 Å². The van der Waals surface area contributed by atoms with E-state index in [0.717, 1.165) is 0 Å². The molecular weight excluding hydrogens is 183 g/mol. The molecule has 0 spiro atoms. The Hall–Kier alpha value is -0.401. The van der Waals surface area contributed by atoms with Crippen LogP contribution in [0.5, 0.6) is 0 Å². The molecule has 0 heterocycles. The Labute approximate surface area is 76.5 Å². The van der Waals surface area contributed by atoms with E-state index in [1.165, 1.54) is 6.08 Å². The molecule has 0 saturated heterocycles. The van der Waals surface area contributed by atoms with E-state index < -0.39 is 0 Å². The Morgan fingerprint density at radius 3 is 2.55 bits per heavy atom. The van der Waals surface area contributed by atoms with Crippen molar-refractivity contribution in [2.75, 3.05) is 0 Å². The van der Waals surface area contributed by atoms with Gasteiger partial charge in [0.2, 0.25) is 0 Å². The van der Waals surface area contributed by atoms with Gasteiger partial charge in [0.1, 0.15) is 5.78 Å². The van der Waals surface area contributed by atoms with E-state index in [4.69, 9.17) is 0 Å². The SMILES string of the molecule is [CH2-]C1CC(=O)C(C)=CC1=O.[Mn]. The van der Waals surface area contributed by atoms with Crippen LogP contribution in [-0.4, -0.2) is 11.6 Å². The van der Waals surface area contributed by atoms with E-state index in [2.05, 4.69) is 6.92 Å². The summed E-state index contributed by atoms with van der Waals surface area (Å²) < 4.78 is 0. The van der Waals surface area contributed by atoms with E-state index in [0.29, 0.717) is 5.57 Å². The molecule has 0 aromatic rings. The maximum absolute atomic E-state index is 10.9. The number of carbonyl (C=O) groups excluding carboxylic acids is 2. The van der Waals surface area contributed by atoms with Gasteiger partial charge in [-0.15, -0.1) is 0 Å². The first kappa shape index (κ1) is 10.6. The number of rotatable bonds is 0. The Balaban J connectivity index is 0.000001000. The fraction of sp³-hybridized carbons (Fsp3) is 0.375. The second-order valence-corrected chi connectivity index (χ2v) is 2.55. The van der Waals surface area contributed by atoms with Gasteiger partial charge in [0.15, 0.2) is 5.78 Å². The van der Waals surface area contributed by atoms with E-state index in [-0.39, 0.29) is 41.0 Å². The van der Waals surface area contributed by atoms with Crippen molar-refractivity contribution in [3.8, 4) is 0 Å². The number of allylic oxidation sites excluding steroid dienone is 2. The zero-order chi connectivity index (χ0) is 7.72. The summed E-state index contributed by atoms with van der Waals surface area (Å²) in [6.07, 6.45) is 1.66. The van der Waals surface area contributed by atoms with Crippen molar-refractivity contribution in [1.82, 2.24) is 0 Å². The molecule has 1 aliphatic carbocycles. The van der Waals surface area contributed by atoms with Crippen LogP contribution < -0.4 is 0 Å². The summed E-state index contributed by atoms with van der Waals surface area (Å²) >= 11 is 0. The largest absolute Gasteiger partial charge is 0.332 e. The normalized spacial score (nSPS) is 24.2. The van der Waals surface area contributed by atoms with Crippen LogP contribution in [0, 0.1) is 12.8 Å². The van der Waals surface area contributed by atoms with Gasteiger partial charge in [-0.1, -0.05) is 5.92 Å². The van der Waals surface area contributed by atoms with E-state index >= 15 is 0 Å². The second kappa shape index (κ2) is 3.84. The van der Waals surface area contributed by atoms with Gasteiger partial charge in [0.05, 0.1) is 0 Å². The minimum absolute atomic E-state index is 0. The molecular formula is C8H9MnO2-. The average molecular weight is 192 g/mol. The number of carbonyl (C=O) groups is 2. The van der Waals surface area contributed by atoms with Crippen LogP contribution in [0.3, 0.4) is 0 Å². The Morgan fingerprint density at radius 1 is 1.55 bits per heavy atom. The topological polar surface area (TPSA) is 34.1 Å². The molecule has 1 unspecified atom stereocenters. The van der Waals surface area contributed by atoms with Crippen molar-refractivity contribution in [1.29, 1.82) is 0 Å². The molecule has 1 rings (SSSR count). The molecule has 1 atom stereocenters. The van der Waals surface area contributed by atoms with Crippen LogP contribution in [0.25, 0.3) is 0 Å². The van der Waals surface area contributed by atoms with Gasteiger partial charge in [0.25, 0.3) is 0 Å². The Kier molecular flexibility index (Phi) is 3.70. The molecule has 0 bridgehead atoms. The van der Waals surface area contributed by atoms with Crippen molar-refractivity contribution >= 4 is 11.6 Å². The molecule has 3 heteroatoms. The van der Waals surface area contributed by atoms with Gasteiger partial charge in [-0.2, -0.15) is 0 Å². The summed E-state index contributed by atoms with van der Waals surface area (Å²) in [5, 5.41) is 0. The zero-order valence-electron chi connectivity index (χ0n) is 6.26. The minimum atomic E-state index is -0.351. The standard InChI is InChI=1S/C8H9O2.Mn/c1-5-3-8(10)6(2)4-7(5)9;/h4-5H,1,3H2,2H3;/q-1;.